The average molecular weight is 422 g/mol. The molecule has 1 aromatic carbocycles. The Morgan fingerprint density at radius 3 is 2.59 bits per heavy atom. The van der Waals surface area contributed by atoms with Crippen molar-refractivity contribution in [1.82, 2.24) is 14.7 Å². The van der Waals surface area contributed by atoms with Crippen LogP contribution in [0, 0.1) is 0 Å². The summed E-state index contributed by atoms with van der Waals surface area (Å²) < 4.78 is 11.5. The summed E-state index contributed by atoms with van der Waals surface area (Å²) in [6, 6.07) is 4.43. The fourth-order valence-electron chi connectivity index (χ4n) is 4.49. The van der Waals surface area contributed by atoms with Crippen molar-refractivity contribution >= 4 is 17.5 Å². The number of rotatable bonds is 4. The smallest absolute Gasteiger partial charge is 0.236 e. The van der Waals surface area contributed by atoms with Crippen molar-refractivity contribution in [2.75, 3.05) is 52.5 Å². The Bertz CT molecular complexity index is 721. The van der Waals surface area contributed by atoms with Crippen LogP contribution in [0.4, 0.5) is 0 Å². The fourth-order valence-corrected chi connectivity index (χ4v) is 4.78. The zero-order valence-corrected chi connectivity index (χ0v) is 18.1. The SMILES string of the molecule is CC1CCCCN1C(=O)CN1CCN(Cc2cc(Cl)c3c(c2)OCCCO3)CC1. The molecule has 1 amide bonds. The van der Waals surface area contributed by atoms with Crippen LogP contribution in [0.1, 0.15) is 38.2 Å². The van der Waals surface area contributed by atoms with Crippen molar-refractivity contribution in [3.8, 4) is 11.5 Å². The van der Waals surface area contributed by atoms with E-state index < -0.39 is 0 Å². The molecule has 2 fully saturated rings. The maximum Gasteiger partial charge on any atom is 0.236 e. The molecule has 0 aromatic heterocycles. The molecule has 0 spiro atoms. The van der Waals surface area contributed by atoms with Crippen LogP contribution in [0.25, 0.3) is 0 Å². The zero-order chi connectivity index (χ0) is 20.2. The Morgan fingerprint density at radius 1 is 1.03 bits per heavy atom. The van der Waals surface area contributed by atoms with E-state index in [4.69, 9.17) is 21.1 Å². The number of carbonyl (C=O) groups excluding carboxylic acids is 1. The highest BCUT2D eigenvalue weighted by molar-refractivity contribution is 6.32. The molecule has 29 heavy (non-hydrogen) atoms. The molecule has 1 atom stereocenters. The molecule has 1 unspecified atom stereocenters. The van der Waals surface area contributed by atoms with Gasteiger partial charge >= 0.3 is 0 Å². The van der Waals surface area contributed by atoms with Crippen LogP contribution in [-0.2, 0) is 11.3 Å². The van der Waals surface area contributed by atoms with E-state index in [9.17, 15) is 4.79 Å². The van der Waals surface area contributed by atoms with Gasteiger partial charge < -0.3 is 14.4 Å². The van der Waals surface area contributed by atoms with E-state index in [1.165, 1.54) is 6.42 Å². The van der Waals surface area contributed by atoms with Gasteiger partial charge in [-0.15, -0.1) is 0 Å². The van der Waals surface area contributed by atoms with Crippen LogP contribution in [-0.4, -0.2) is 79.1 Å². The molecule has 0 saturated carbocycles. The first-order valence-corrected chi connectivity index (χ1v) is 11.3. The van der Waals surface area contributed by atoms with Gasteiger partial charge in [-0.3, -0.25) is 14.6 Å². The molecule has 3 aliphatic rings. The Morgan fingerprint density at radius 2 is 1.79 bits per heavy atom. The lowest BCUT2D eigenvalue weighted by atomic mass is 10.0. The molecule has 160 valence electrons. The van der Waals surface area contributed by atoms with Gasteiger partial charge in [-0.1, -0.05) is 11.6 Å². The summed E-state index contributed by atoms with van der Waals surface area (Å²) in [6.45, 7) is 9.54. The Balaban J connectivity index is 1.28. The first-order chi connectivity index (χ1) is 14.1. The molecule has 4 rings (SSSR count). The third-order valence-electron chi connectivity index (χ3n) is 6.22. The lowest BCUT2D eigenvalue weighted by molar-refractivity contribution is -0.136. The Kier molecular flexibility index (Phi) is 6.83. The van der Waals surface area contributed by atoms with Crippen molar-refractivity contribution in [3.05, 3.63) is 22.7 Å². The minimum atomic E-state index is 0.292. The van der Waals surface area contributed by atoms with Gasteiger partial charge in [0.15, 0.2) is 11.5 Å². The number of fused-ring (bicyclic) bond motifs is 1. The van der Waals surface area contributed by atoms with Crippen LogP contribution in [0.15, 0.2) is 12.1 Å². The quantitative estimate of drug-likeness (QED) is 0.747. The van der Waals surface area contributed by atoms with E-state index in [1.54, 1.807) is 0 Å². The van der Waals surface area contributed by atoms with Gasteiger partial charge in [0.1, 0.15) is 0 Å². The van der Waals surface area contributed by atoms with Crippen molar-refractivity contribution in [3.63, 3.8) is 0 Å². The van der Waals surface area contributed by atoms with Gasteiger partial charge in [0.25, 0.3) is 0 Å². The summed E-state index contributed by atoms with van der Waals surface area (Å²) >= 11 is 6.43. The van der Waals surface area contributed by atoms with E-state index in [2.05, 4.69) is 27.7 Å². The number of hydrogen-bond donors (Lipinski definition) is 0. The normalized spacial score (nSPS) is 23.7. The monoisotopic (exact) mass is 421 g/mol. The average Bonchev–Trinajstić information content (AvgIpc) is 2.96. The van der Waals surface area contributed by atoms with Gasteiger partial charge in [0, 0.05) is 51.7 Å². The largest absolute Gasteiger partial charge is 0.489 e. The fraction of sp³-hybridized carbons (Fsp3) is 0.682. The molecule has 0 N–H and O–H groups in total. The van der Waals surface area contributed by atoms with Crippen LogP contribution in [0.3, 0.4) is 0 Å². The number of carbonyl (C=O) groups is 1. The highest BCUT2D eigenvalue weighted by Gasteiger charge is 2.26. The van der Waals surface area contributed by atoms with E-state index in [0.29, 0.717) is 42.5 Å². The van der Waals surface area contributed by atoms with Crippen LogP contribution in [0.5, 0.6) is 11.5 Å². The highest BCUT2D eigenvalue weighted by Crippen LogP contribution is 2.38. The number of halogens is 1. The second-order valence-electron chi connectivity index (χ2n) is 8.44. The molecule has 2 saturated heterocycles. The van der Waals surface area contributed by atoms with Gasteiger partial charge in [-0.05, 0) is 43.9 Å². The van der Waals surface area contributed by atoms with E-state index >= 15 is 0 Å². The molecule has 7 heteroatoms. The number of nitrogens with zero attached hydrogens (tertiary/aromatic N) is 3. The van der Waals surface area contributed by atoms with Crippen LogP contribution >= 0.6 is 11.6 Å². The van der Waals surface area contributed by atoms with Crippen molar-refractivity contribution in [2.24, 2.45) is 0 Å². The molecular formula is C22H32ClN3O3. The van der Waals surface area contributed by atoms with Crippen LogP contribution in [0.2, 0.25) is 5.02 Å². The second kappa shape index (κ2) is 9.54. The van der Waals surface area contributed by atoms with E-state index in [0.717, 1.165) is 69.8 Å². The lowest BCUT2D eigenvalue weighted by Crippen LogP contribution is -2.51. The number of benzene rings is 1. The molecule has 0 aliphatic carbocycles. The number of likely N-dealkylation sites (tertiary alicyclic amines) is 1. The maximum absolute atomic E-state index is 12.7. The minimum Gasteiger partial charge on any atom is -0.489 e. The number of piperazine rings is 1. The predicted octanol–water partition coefficient (Wildman–Crippen LogP) is 3.02. The number of piperidine rings is 1. The van der Waals surface area contributed by atoms with Gasteiger partial charge in [0.2, 0.25) is 5.91 Å². The zero-order valence-electron chi connectivity index (χ0n) is 17.4. The predicted molar refractivity (Wildman–Crippen MR) is 114 cm³/mol. The van der Waals surface area contributed by atoms with Crippen molar-refractivity contribution in [1.29, 1.82) is 0 Å². The standard InChI is InChI=1S/C22H32ClN3O3/c1-17-5-2-3-6-26(17)21(27)16-25-9-7-24(8-10-25)15-18-13-19(23)22-20(14-18)28-11-4-12-29-22/h13-14,17H,2-12,15-16H2,1H3. The number of amides is 1. The molecular weight excluding hydrogens is 390 g/mol. The third-order valence-corrected chi connectivity index (χ3v) is 6.50. The van der Waals surface area contributed by atoms with Crippen molar-refractivity contribution < 1.29 is 14.3 Å². The Hall–Kier alpha value is -1.50. The molecule has 3 aliphatic heterocycles. The van der Waals surface area contributed by atoms with Crippen LogP contribution < -0.4 is 9.47 Å². The minimum absolute atomic E-state index is 0.292. The maximum atomic E-state index is 12.7. The first-order valence-electron chi connectivity index (χ1n) is 10.9. The van der Waals surface area contributed by atoms with E-state index in [-0.39, 0.29) is 0 Å². The first kappa shape index (κ1) is 20.8. The van der Waals surface area contributed by atoms with E-state index in [1.807, 2.05) is 6.07 Å². The molecule has 0 radical (unpaired) electrons. The third kappa shape index (κ3) is 5.16. The number of hydrogen-bond acceptors (Lipinski definition) is 5. The molecule has 1 aromatic rings. The molecule has 3 heterocycles. The summed E-state index contributed by atoms with van der Waals surface area (Å²) in [5.41, 5.74) is 1.14. The van der Waals surface area contributed by atoms with Gasteiger partial charge in [0.05, 0.1) is 24.8 Å². The number of ether oxygens (including phenoxy) is 2. The summed E-state index contributed by atoms with van der Waals surface area (Å²) in [6.07, 6.45) is 4.39. The summed E-state index contributed by atoms with van der Waals surface area (Å²) in [7, 11) is 0. The lowest BCUT2D eigenvalue weighted by Gasteiger charge is -2.38. The van der Waals surface area contributed by atoms with Crippen molar-refractivity contribution in [2.45, 2.75) is 45.2 Å². The summed E-state index contributed by atoms with van der Waals surface area (Å²) in [4.78, 5) is 19.5. The summed E-state index contributed by atoms with van der Waals surface area (Å²) in [5.74, 6) is 1.72. The van der Waals surface area contributed by atoms with Gasteiger partial charge in [-0.25, -0.2) is 0 Å². The van der Waals surface area contributed by atoms with Gasteiger partial charge in [-0.2, -0.15) is 0 Å². The molecule has 6 nitrogen and oxygen atoms in total. The Labute approximate surface area is 178 Å². The topological polar surface area (TPSA) is 45.3 Å². The highest BCUT2D eigenvalue weighted by atomic mass is 35.5. The summed E-state index contributed by atoms with van der Waals surface area (Å²) in [5, 5.41) is 0.624. The molecule has 0 bridgehead atoms. The second-order valence-corrected chi connectivity index (χ2v) is 8.85.